The summed E-state index contributed by atoms with van der Waals surface area (Å²) in [5, 5.41) is 11.0. The molecule has 2 rings (SSSR count). The molecule has 0 heterocycles. The Morgan fingerprint density at radius 1 is 1.32 bits per heavy atom. The molecule has 102 valence electrons. The van der Waals surface area contributed by atoms with Crippen molar-refractivity contribution < 1.29 is 14.5 Å². The van der Waals surface area contributed by atoms with Crippen LogP contribution in [0.5, 0.6) is 5.75 Å². The maximum absolute atomic E-state index is 11.3. The molecule has 0 unspecified atom stereocenters. The van der Waals surface area contributed by atoms with Gasteiger partial charge in [0.1, 0.15) is 5.75 Å². The van der Waals surface area contributed by atoms with E-state index in [0.717, 1.165) is 25.7 Å². The molecule has 1 saturated carbocycles. The van der Waals surface area contributed by atoms with Crippen LogP contribution in [0.4, 0.5) is 5.69 Å². The summed E-state index contributed by atoms with van der Waals surface area (Å²) in [7, 11) is 0. The van der Waals surface area contributed by atoms with E-state index >= 15 is 0 Å². The zero-order valence-corrected chi connectivity index (χ0v) is 10.9. The summed E-state index contributed by atoms with van der Waals surface area (Å²) in [5.41, 5.74) is -0.0539. The molecule has 0 radical (unpaired) electrons. The first-order chi connectivity index (χ1) is 9.08. The van der Waals surface area contributed by atoms with Crippen LogP contribution >= 0.6 is 0 Å². The van der Waals surface area contributed by atoms with Crippen molar-refractivity contribution in [2.24, 2.45) is 0 Å². The summed E-state index contributed by atoms with van der Waals surface area (Å²) in [6.07, 6.45) is 5.61. The van der Waals surface area contributed by atoms with Gasteiger partial charge in [-0.3, -0.25) is 14.9 Å². The van der Waals surface area contributed by atoms with Crippen molar-refractivity contribution in [3.63, 3.8) is 0 Å². The Morgan fingerprint density at radius 3 is 2.58 bits per heavy atom. The van der Waals surface area contributed by atoms with Crippen LogP contribution in [-0.2, 0) is 0 Å². The third-order valence-electron chi connectivity index (χ3n) is 3.40. The molecule has 1 aliphatic carbocycles. The predicted octanol–water partition coefficient (Wildman–Crippen LogP) is 3.51. The number of nitro groups is 1. The van der Waals surface area contributed by atoms with E-state index in [1.54, 1.807) is 6.07 Å². The molecular weight excluding hydrogens is 246 g/mol. The van der Waals surface area contributed by atoms with Gasteiger partial charge in [-0.2, -0.15) is 0 Å². The minimum absolute atomic E-state index is 0.126. The highest BCUT2D eigenvalue weighted by molar-refractivity contribution is 5.98. The first-order valence-electron chi connectivity index (χ1n) is 6.54. The number of rotatable bonds is 4. The van der Waals surface area contributed by atoms with Crippen molar-refractivity contribution >= 4 is 11.5 Å². The van der Waals surface area contributed by atoms with Gasteiger partial charge in [0.15, 0.2) is 5.78 Å². The fourth-order valence-corrected chi connectivity index (χ4v) is 2.41. The summed E-state index contributed by atoms with van der Waals surface area (Å²) < 4.78 is 5.77. The molecule has 0 saturated heterocycles. The number of benzene rings is 1. The number of ether oxygens (including phenoxy) is 1. The maximum atomic E-state index is 11.3. The number of carbonyl (C=O) groups excluding carboxylic acids is 1. The first kappa shape index (κ1) is 13.5. The van der Waals surface area contributed by atoms with Crippen molar-refractivity contribution in [1.29, 1.82) is 0 Å². The average molecular weight is 263 g/mol. The Kier molecular flexibility index (Phi) is 4.14. The van der Waals surface area contributed by atoms with Gasteiger partial charge in [0.05, 0.1) is 22.7 Å². The molecule has 0 atom stereocenters. The van der Waals surface area contributed by atoms with Gasteiger partial charge in [0, 0.05) is 0 Å². The molecule has 0 aliphatic heterocycles. The SMILES string of the molecule is CC(=O)c1ccc(OC2CCCCC2)cc1[N+](=O)[O-]. The Balaban J connectivity index is 2.20. The van der Waals surface area contributed by atoms with Gasteiger partial charge in [-0.05, 0) is 44.7 Å². The van der Waals surface area contributed by atoms with Gasteiger partial charge >= 0.3 is 0 Å². The van der Waals surface area contributed by atoms with Gasteiger partial charge in [-0.15, -0.1) is 0 Å². The number of Topliss-reactive ketones (excluding diaryl/α,β-unsaturated/α-hetero) is 1. The van der Waals surface area contributed by atoms with Crippen molar-refractivity contribution in [1.82, 2.24) is 0 Å². The Hall–Kier alpha value is -1.91. The van der Waals surface area contributed by atoms with Crippen molar-refractivity contribution in [3.8, 4) is 5.75 Å². The second kappa shape index (κ2) is 5.82. The number of carbonyl (C=O) groups is 1. The van der Waals surface area contributed by atoms with Crippen LogP contribution in [-0.4, -0.2) is 16.8 Å². The summed E-state index contributed by atoms with van der Waals surface area (Å²) in [6.45, 7) is 1.32. The third kappa shape index (κ3) is 3.30. The summed E-state index contributed by atoms with van der Waals surface area (Å²) in [5.74, 6) is 0.166. The van der Waals surface area contributed by atoms with Crippen molar-refractivity contribution in [3.05, 3.63) is 33.9 Å². The lowest BCUT2D eigenvalue weighted by Gasteiger charge is -2.22. The normalized spacial score (nSPS) is 16.1. The molecule has 0 amide bonds. The van der Waals surface area contributed by atoms with E-state index in [2.05, 4.69) is 0 Å². The van der Waals surface area contributed by atoms with E-state index in [1.165, 1.54) is 25.5 Å². The molecule has 0 N–H and O–H groups in total. The molecule has 0 bridgehead atoms. The number of nitro benzene ring substituents is 1. The van der Waals surface area contributed by atoms with E-state index < -0.39 is 4.92 Å². The second-order valence-corrected chi connectivity index (χ2v) is 4.87. The Bertz CT molecular complexity index is 492. The molecule has 0 spiro atoms. The van der Waals surface area contributed by atoms with Crippen LogP contribution < -0.4 is 4.74 Å². The molecule has 19 heavy (non-hydrogen) atoms. The van der Waals surface area contributed by atoms with Gasteiger partial charge in [-0.1, -0.05) is 6.42 Å². The van der Waals surface area contributed by atoms with Crippen LogP contribution in [0, 0.1) is 10.1 Å². The highest BCUT2D eigenvalue weighted by Crippen LogP contribution is 2.28. The van der Waals surface area contributed by atoms with E-state index in [0.29, 0.717) is 5.75 Å². The standard InChI is InChI=1S/C14H17NO4/c1-10(16)13-8-7-12(9-14(13)15(17)18)19-11-5-3-2-4-6-11/h7-9,11H,2-6H2,1H3. The van der Waals surface area contributed by atoms with E-state index in [1.807, 2.05) is 0 Å². The van der Waals surface area contributed by atoms with Gasteiger partial charge in [0.2, 0.25) is 0 Å². The molecular formula is C14H17NO4. The van der Waals surface area contributed by atoms with Crippen LogP contribution in [0.1, 0.15) is 49.4 Å². The lowest BCUT2D eigenvalue weighted by molar-refractivity contribution is -0.385. The largest absolute Gasteiger partial charge is 0.490 e. The highest BCUT2D eigenvalue weighted by Gasteiger charge is 2.20. The molecule has 5 heteroatoms. The molecule has 0 aromatic heterocycles. The smallest absolute Gasteiger partial charge is 0.283 e. The van der Waals surface area contributed by atoms with Gasteiger partial charge in [-0.25, -0.2) is 0 Å². The summed E-state index contributed by atoms with van der Waals surface area (Å²) in [4.78, 5) is 21.8. The molecule has 5 nitrogen and oxygen atoms in total. The van der Waals surface area contributed by atoms with Crippen LogP contribution in [0.25, 0.3) is 0 Å². The zero-order valence-electron chi connectivity index (χ0n) is 10.9. The number of ketones is 1. The van der Waals surface area contributed by atoms with E-state index in [4.69, 9.17) is 4.74 Å². The lowest BCUT2D eigenvalue weighted by atomic mass is 9.98. The molecule has 1 aromatic carbocycles. The Morgan fingerprint density at radius 2 is 2.00 bits per heavy atom. The third-order valence-corrected chi connectivity index (χ3v) is 3.40. The monoisotopic (exact) mass is 263 g/mol. The fourth-order valence-electron chi connectivity index (χ4n) is 2.41. The minimum atomic E-state index is -0.537. The first-order valence-corrected chi connectivity index (χ1v) is 6.54. The summed E-state index contributed by atoms with van der Waals surface area (Å²) in [6, 6.07) is 4.46. The second-order valence-electron chi connectivity index (χ2n) is 4.87. The zero-order chi connectivity index (χ0) is 13.8. The lowest BCUT2D eigenvalue weighted by Crippen LogP contribution is -2.19. The topological polar surface area (TPSA) is 69.4 Å². The van der Waals surface area contributed by atoms with Crippen molar-refractivity contribution in [2.75, 3.05) is 0 Å². The van der Waals surface area contributed by atoms with Crippen LogP contribution in [0.3, 0.4) is 0 Å². The molecule has 1 aromatic rings. The molecule has 1 aliphatic rings. The highest BCUT2D eigenvalue weighted by atomic mass is 16.6. The quantitative estimate of drug-likeness (QED) is 0.473. The fraction of sp³-hybridized carbons (Fsp3) is 0.500. The number of hydrogen-bond acceptors (Lipinski definition) is 4. The minimum Gasteiger partial charge on any atom is -0.490 e. The van der Waals surface area contributed by atoms with Crippen LogP contribution in [0.2, 0.25) is 0 Å². The summed E-state index contributed by atoms with van der Waals surface area (Å²) >= 11 is 0. The number of nitrogens with zero attached hydrogens (tertiary/aromatic N) is 1. The maximum Gasteiger partial charge on any atom is 0.283 e. The van der Waals surface area contributed by atoms with Gasteiger partial charge < -0.3 is 4.74 Å². The van der Waals surface area contributed by atoms with Gasteiger partial charge in [0.25, 0.3) is 5.69 Å². The van der Waals surface area contributed by atoms with Crippen LogP contribution in [0.15, 0.2) is 18.2 Å². The predicted molar refractivity (Wildman–Crippen MR) is 70.6 cm³/mol. The average Bonchev–Trinajstić information content (AvgIpc) is 2.39. The number of hydrogen-bond donors (Lipinski definition) is 0. The molecule has 1 fully saturated rings. The van der Waals surface area contributed by atoms with Crippen molar-refractivity contribution in [2.45, 2.75) is 45.1 Å². The van der Waals surface area contributed by atoms with E-state index in [-0.39, 0.29) is 23.1 Å². The van der Waals surface area contributed by atoms with E-state index in [9.17, 15) is 14.9 Å². The Labute approximate surface area is 111 Å².